The summed E-state index contributed by atoms with van der Waals surface area (Å²) >= 11 is 15.0. The van der Waals surface area contributed by atoms with Crippen LogP contribution in [0.1, 0.15) is 17.2 Å². The maximum Gasteiger partial charge on any atom is 0.153 e. The molecule has 0 spiro atoms. The quantitative estimate of drug-likeness (QED) is 0.199. The van der Waals surface area contributed by atoms with Crippen molar-refractivity contribution in [1.82, 2.24) is 14.3 Å². The number of rotatable bonds is 4. The second-order valence-corrected chi connectivity index (χ2v) is 10.9. The average Bonchev–Trinajstić information content (AvgIpc) is 3.36. The van der Waals surface area contributed by atoms with Gasteiger partial charge in [-0.2, -0.15) is 0 Å². The van der Waals surface area contributed by atoms with Gasteiger partial charge in [0.1, 0.15) is 0 Å². The van der Waals surface area contributed by atoms with Gasteiger partial charge < -0.3 is 9.30 Å². The molecule has 0 radical (unpaired) electrons. The predicted molar refractivity (Wildman–Crippen MR) is 154 cm³/mol. The van der Waals surface area contributed by atoms with Gasteiger partial charge in [0.2, 0.25) is 0 Å². The van der Waals surface area contributed by atoms with E-state index >= 15 is 0 Å². The van der Waals surface area contributed by atoms with E-state index in [1.165, 1.54) is 14.7 Å². The van der Waals surface area contributed by atoms with Crippen LogP contribution in [0.25, 0.3) is 16.6 Å². The van der Waals surface area contributed by atoms with Gasteiger partial charge in [-0.1, -0.05) is 53.5 Å². The summed E-state index contributed by atoms with van der Waals surface area (Å²) in [4.78, 5) is 10.0. The molecule has 0 N–H and O–H groups in total. The van der Waals surface area contributed by atoms with Crippen molar-refractivity contribution in [2.45, 2.75) is 6.04 Å². The molecule has 5 aromatic rings. The number of benzene rings is 3. The lowest BCUT2D eigenvalue weighted by molar-refractivity contribution is 0.211. The molecule has 3 aromatic carbocycles. The van der Waals surface area contributed by atoms with E-state index in [-0.39, 0.29) is 6.04 Å². The van der Waals surface area contributed by atoms with Crippen molar-refractivity contribution in [2.75, 3.05) is 31.1 Å². The zero-order valence-electron chi connectivity index (χ0n) is 18.9. The summed E-state index contributed by atoms with van der Waals surface area (Å²) in [5, 5.41) is 1.47. The van der Waals surface area contributed by atoms with Gasteiger partial charge in [-0.15, -0.1) is 0 Å². The van der Waals surface area contributed by atoms with Crippen LogP contribution in [0.4, 0.5) is 5.82 Å². The SMILES string of the molecule is Clc1ccc(C(c2ccccc2I)N2CCN(c3nc4cc(Cl)ccc4n4cccc34)CC2)cc1. The largest absolute Gasteiger partial charge is 0.352 e. The normalized spacial score (nSPS) is 15.7. The van der Waals surface area contributed by atoms with E-state index in [1.807, 2.05) is 30.3 Å². The number of halogens is 3. The number of aromatic nitrogens is 2. The summed E-state index contributed by atoms with van der Waals surface area (Å²) < 4.78 is 3.49. The van der Waals surface area contributed by atoms with Crippen LogP contribution in [0.5, 0.6) is 0 Å². The van der Waals surface area contributed by atoms with Crippen molar-refractivity contribution in [3.63, 3.8) is 0 Å². The van der Waals surface area contributed by atoms with E-state index in [0.717, 1.165) is 53.6 Å². The van der Waals surface area contributed by atoms with Crippen LogP contribution < -0.4 is 4.90 Å². The van der Waals surface area contributed by atoms with E-state index in [9.17, 15) is 0 Å². The van der Waals surface area contributed by atoms with Gasteiger partial charge in [0.05, 0.1) is 22.6 Å². The number of fused-ring (bicyclic) bond motifs is 3. The van der Waals surface area contributed by atoms with Crippen molar-refractivity contribution in [2.24, 2.45) is 0 Å². The Labute approximate surface area is 228 Å². The Morgan fingerprint density at radius 2 is 1.51 bits per heavy atom. The molecule has 6 rings (SSSR count). The highest BCUT2D eigenvalue weighted by molar-refractivity contribution is 14.1. The van der Waals surface area contributed by atoms with Crippen LogP contribution in [-0.2, 0) is 0 Å². The van der Waals surface area contributed by atoms with Crippen molar-refractivity contribution < 1.29 is 0 Å². The molecular weight excluding hydrogens is 590 g/mol. The van der Waals surface area contributed by atoms with E-state index in [0.29, 0.717) is 5.02 Å². The van der Waals surface area contributed by atoms with Crippen LogP contribution in [0.3, 0.4) is 0 Å². The van der Waals surface area contributed by atoms with Gasteiger partial charge in [-0.25, -0.2) is 4.98 Å². The molecule has 1 saturated heterocycles. The molecule has 0 saturated carbocycles. The number of hydrogen-bond donors (Lipinski definition) is 0. The van der Waals surface area contributed by atoms with Crippen LogP contribution in [0.2, 0.25) is 10.0 Å². The summed E-state index contributed by atoms with van der Waals surface area (Å²) in [6.45, 7) is 3.65. The molecule has 3 heterocycles. The molecule has 2 aromatic heterocycles. The first kappa shape index (κ1) is 23.1. The monoisotopic (exact) mass is 612 g/mol. The lowest BCUT2D eigenvalue weighted by Crippen LogP contribution is -2.48. The van der Waals surface area contributed by atoms with Crippen molar-refractivity contribution in [1.29, 1.82) is 0 Å². The fourth-order valence-electron chi connectivity index (χ4n) is 5.09. The molecule has 176 valence electrons. The van der Waals surface area contributed by atoms with E-state index in [2.05, 4.69) is 91.5 Å². The molecule has 0 amide bonds. The molecule has 4 nitrogen and oxygen atoms in total. The number of nitrogens with zero attached hydrogens (tertiary/aromatic N) is 4. The Hall–Kier alpha value is -2.32. The standard InChI is InChI=1S/C28H23Cl2IN4/c29-20-9-7-19(8-10-20)27(22-4-1-2-5-23(22)31)33-14-16-34(17-15-33)28-26-6-3-13-35(26)25-12-11-21(30)18-24(25)32-28/h1-13,18,27H,14-17H2. The molecule has 0 aliphatic carbocycles. The predicted octanol–water partition coefficient (Wildman–Crippen LogP) is 7.31. The highest BCUT2D eigenvalue weighted by Crippen LogP contribution is 2.34. The summed E-state index contributed by atoms with van der Waals surface area (Å²) in [5.41, 5.74) is 5.70. The number of anilines is 1. The molecule has 1 aliphatic heterocycles. The third-order valence-electron chi connectivity index (χ3n) is 6.77. The lowest BCUT2D eigenvalue weighted by Gasteiger charge is -2.40. The minimum Gasteiger partial charge on any atom is -0.352 e. The van der Waals surface area contributed by atoms with Crippen molar-refractivity contribution in [3.05, 3.63) is 110 Å². The molecule has 1 aliphatic rings. The van der Waals surface area contributed by atoms with E-state index in [1.54, 1.807) is 0 Å². The Bertz CT molecular complexity index is 1510. The van der Waals surface area contributed by atoms with Gasteiger partial charge in [-0.3, -0.25) is 4.90 Å². The van der Waals surface area contributed by atoms with Crippen LogP contribution in [-0.4, -0.2) is 40.5 Å². The third-order valence-corrected chi connectivity index (χ3v) is 8.24. The minimum absolute atomic E-state index is 0.180. The Morgan fingerprint density at radius 1 is 0.771 bits per heavy atom. The second kappa shape index (κ2) is 9.62. The van der Waals surface area contributed by atoms with Crippen molar-refractivity contribution >= 4 is 68.2 Å². The fourth-order valence-corrected chi connectivity index (χ4v) is 6.06. The molecule has 1 atom stereocenters. The smallest absolute Gasteiger partial charge is 0.153 e. The van der Waals surface area contributed by atoms with Gasteiger partial charge in [-0.05, 0) is 82.2 Å². The molecule has 1 fully saturated rings. The van der Waals surface area contributed by atoms with Crippen LogP contribution in [0.15, 0.2) is 85.1 Å². The van der Waals surface area contributed by atoms with Crippen LogP contribution >= 0.6 is 45.8 Å². The maximum atomic E-state index is 6.30. The third kappa shape index (κ3) is 4.40. The summed E-state index contributed by atoms with van der Waals surface area (Å²) in [6, 6.07) is 27.3. The first-order valence-corrected chi connectivity index (χ1v) is 13.5. The maximum absolute atomic E-state index is 6.30. The zero-order chi connectivity index (χ0) is 23.9. The minimum atomic E-state index is 0.180. The number of hydrogen-bond acceptors (Lipinski definition) is 3. The topological polar surface area (TPSA) is 23.8 Å². The highest BCUT2D eigenvalue weighted by atomic mass is 127. The van der Waals surface area contributed by atoms with Gasteiger partial charge in [0.25, 0.3) is 0 Å². The summed E-state index contributed by atoms with van der Waals surface area (Å²) in [7, 11) is 0. The van der Waals surface area contributed by atoms with Gasteiger partial charge in [0, 0.05) is 46.0 Å². The zero-order valence-corrected chi connectivity index (χ0v) is 22.6. The van der Waals surface area contributed by atoms with E-state index in [4.69, 9.17) is 28.2 Å². The molecule has 0 bridgehead atoms. The number of piperazine rings is 1. The fraction of sp³-hybridized carbons (Fsp3) is 0.179. The molecule has 35 heavy (non-hydrogen) atoms. The van der Waals surface area contributed by atoms with Gasteiger partial charge >= 0.3 is 0 Å². The Kier molecular flexibility index (Phi) is 6.35. The first-order valence-electron chi connectivity index (χ1n) is 11.6. The highest BCUT2D eigenvalue weighted by Gasteiger charge is 2.29. The molecule has 1 unspecified atom stereocenters. The summed E-state index contributed by atoms with van der Waals surface area (Å²) in [5.74, 6) is 1.02. The van der Waals surface area contributed by atoms with E-state index < -0.39 is 0 Å². The Morgan fingerprint density at radius 3 is 2.29 bits per heavy atom. The second-order valence-electron chi connectivity index (χ2n) is 8.83. The lowest BCUT2D eigenvalue weighted by atomic mass is 9.96. The first-order chi connectivity index (χ1) is 17.1. The van der Waals surface area contributed by atoms with Crippen molar-refractivity contribution in [3.8, 4) is 0 Å². The average molecular weight is 613 g/mol. The molecule has 7 heteroatoms. The van der Waals surface area contributed by atoms with Gasteiger partial charge in [0.15, 0.2) is 5.82 Å². The van der Waals surface area contributed by atoms with Crippen LogP contribution in [0, 0.1) is 3.57 Å². The molecular formula is C28H23Cl2IN4. The Balaban J connectivity index is 1.33. The summed E-state index contributed by atoms with van der Waals surface area (Å²) in [6.07, 6.45) is 2.10.